The van der Waals surface area contributed by atoms with E-state index in [1.54, 1.807) is 0 Å². The third-order valence-corrected chi connectivity index (χ3v) is 3.84. The van der Waals surface area contributed by atoms with Gasteiger partial charge in [-0.25, -0.2) is 0 Å². The van der Waals surface area contributed by atoms with Crippen LogP contribution in [0.25, 0.3) is 0 Å². The smallest absolute Gasteiger partial charge is 0.188 e. The van der Waals surface area contributed by atoms with Crippen LogP contribution in [0.1, 0.15) is 32.1 Å². The quantitative estimate of drug-likeness (QED) is 0.476. The standard InChI is InChI=1S/C16H26N4/c1-20(15-10-3-2-4-11-15)13-7-12-18-16(17)19-14-8-5-6-9-14/h2-4,10-11,14H,5-9,12-13H2,1H3,(H3,17,18,19). The molecule has 0 unspecified atom stereocenters. The summed E-state index contributed by atoms with van der Waals surface area (Å²) in [4.78, 5) is 6.66. The van der Waals surface area contributed by atoms with Gasteiger partial charge in [0.05, 0.1) is 0 Å². The van der Waals surface area contributed by atoms with Gasteiger partial charge < -0.3 is 16.0 Å². The van der Waals surface area contributed by atoms with Gasteiger partial charge in [-0.15, -0.1) is 0 Å². The molecule has 1 aromatic carbocycles. The summed E-state index contributed by atoms with van der Waals surface area (Å²) in [6.07, 6.45) is 6.10. The number of nitrogens with one attached hydrogen (secondary N) is 1. The molecular weight excluding hydrogens is 248 g/mol. The first kappa shape index (κ1) is 14.7. The number of para-hydroxylation sites is 1. The molecule has 0 bridgehead atoms. The number of benzene rings is 1. The topological polar surface area (TPSA) is 53.6 Å². The molecule has 0 radical (unpaired) electrons. The van der Waals surface area contributed by atoms with Crippen molar-refractivity contribution in [3.63, 3.8) is 0 Å². The molecule has 0 atom stereocenters. The molecule has 0 aromatic heterocycles. The molecule has 0 amide bonds. The largest absolute Gasteiger partial charge is 0.375 e. The SMILES string of the molecule is CN(CCCN=C(N)NC1CCCC1)c1ccccc1. The molecule has 1 aliphatic rings. The van der Waals surface area contributed by atoms with Crippen LogP contribution in [0, 0.1) is 0 Å². The van der Waals surface area contributed by atoms with Gasteiger partial charge in [0.25, 0.3) is 0 Å². The van der Waals surface area contributed by atoms with Gasteiger partial charge in [0.2, 0.25) is 0 Å². The second-order valence-corrected chi connectivity index (χ2v) is 5.50. The van der Waals surface area contributed by atoms with E-state index in [4.69, 9.17) is 5.73 Å². The molecule has 1 aromatic rings. The Labute approximate surface area is 122 Å². The summed E-state index contributed by atoms with van der Waals surface area (Å²) in [6, 6.07) is 11.0. The highest BCUT2D eigenvalue weighted by molar-refractivity contribution is 5.78. The number of rotatable bonds is 6. The molecular formula is C16H26N4. The zero-order chi connectivity index (χ0) is 14.2. The lowest BCUT2D eigenvalue weighted by Crippen LogP contribution is -2.38. The van der Waals surface area contributed by atoms with E-state index >= 15 is 0 Å². The normalized spacial score (nSPS) is 16.4. The Balaban J connectivity index is 1.65. The maximum Gasteiger partial charge on any atom is 0.188 e. The average molecular weight is 274 g/mol. The Morgan fingerprint density at radius 1 is 1.30 bits per heavy atom. The van der Waals surface area contributed by atoms with Crippen molar-refractivity contribution in [1.82, 2.24) is 5.32 Å². The van der Waals surface area contributed by atoms with Crippen LogP contribution in [0.4, 0.5) is 5.69 Å². The number of nitrogens with two attached hydrogens (primary N) is 1. The number of hydrogen-bond donors (Lipinski definition) is 2. The van der Waals surface area contributed by atoms with E-state index in [0.717, 1.165) is 19.5 Å². The van der Waals surface area contributed by atoms with Crippen LogP contribution in [0.3, 0.4) is 0 Å². The molecule has 0 aliphatic heterocycles. The maximum absolute atomic E-state index is 5.91. The van der Waals surface area contributed by atoms with Gasteiger partial charge in [-0.2, -0.15) is 0 Å². The fourth-order valence-electron chi connectivity index (χ4n) is 2.64. The van der Waals surface area contributed by atoms with Crippen LogP contribution in [0.5, 0.6) is 0 Å². The molecule has 1 aliphatic carbocycles. The van der Waals surface area contributed by atoms with E-state index in [1.807, 2.05) is 6.07 Å². The van der Waals surface area contributed by atoms with Crippen LogP contribution >= 0.6 is 0 Å². The third-order valence-electron chi connectivity index (χ3n) is 3.84. The minimum atomic E-state index is 0.547. The van der Waals surface area contributed by atoms with Crippen molar-refractivity contribution in [2.24, 2.45) is 10.7 Å². The molecule has 0 saturated heterocycles. The Kier molecular flexibility index (Phi) is 5.71. The highest BCUT2D eigenvalue weighted by Crippen LogP contribution is 2.17. The van der Waals surface area contributed by atoms with Gasteiger partial charge in [-0.3, -0.25) is 4.99 Å². The van der Waals surface area contributed by atoms with Crippen molar-refractivity contribution in [2.75, 3.05) is 25.0 Å². The molecule has 2 rings (SSSR count). The lowest BCUT2D eigenvalue weighted by molar-refractivity contribution is 0.624. The maximum atomic E-state index is 5.91. The van der Waals surface area contributed by atoms with E-state index < -0.39 is 0 Å². The van der Waals surface area contributed by atoms with Gasteiger partial charge in [0.1, 0.15) is 0 Å². The summed E-state index contributed by atoms with van der Waals surface area (Å²) in [5.74, 6) is 0.610. The van der Waals surface area contributed by atoms with Crippen molar-refractivity contribution >= 4 is 11.6 Å². The van der Waals surface area contributed by atoms with Gasteiger partial charge >= 0.3 is 0 Å². The molecule has 1 fully saturated rings. The molecule has 0 heterocycles. The first-order valence-electron chi connectivity index (χ1n) is 7.58. The van der Waals surface area contributed by atoms with Gasteiger partial charge in [0.15, 0.2) is 5.96 Å². The molecule has 0 spiro atoms. The van der Waals surface area contributed by atoms with Crippen molar-refractivity contribution in [1.29, 1.82) is 0 Å². The highest BCUT2D eigenvalue weighted by atomic mass is 15.1. The fourth-order valence-corrected chi connectivity index (χ4v) is 2.64. The monoisotopic (exact) mass is 274 g/mol. The average Bonchev–Trinajstić information content (AvgIpc) is 2.97. The highest BCUT2D eigenvalue weighted by Gasteiger charge is 2.14. The molecule has 3 N–H and O–H groups in total. The lowest BCUT2D eigenvalue weighted by Gasteiger charge is -2.18. The van der Waals surface area contributed by atoms with Crippen LogP contribution in [-0.2, 0) is 0 Å². The van der Waals surface area contributed by atoms with E-state index in [0.29, 0.717) is 12.0 Å². The number of nitrogens with zero attached hydrogens (tertiary/aromatic N) is 2. The van der Waals surface area contributed by atoms with Crippen molar-refractivity contribution < 1.29 is 0 Å². The molecule has 20 heavy (non-hydrogen) atoms. The molecule has 1 saturated carbocycles. The van der Waals surface area contributed by atoms with Crippen molar-refractivity contribution in [3.05, 3.63) is 30.3 Å². The first-order chi connectivity index (χ1) is 9.75. The summed E-state index contributed by atoms with van der Waals surface area (Å²) in [5, 5.41) is 3.31. The van der Waals surface area contributed by atoms with Gasteiger partial charge in [0, 0.05) is 31.9 Å². The van der Waals surface area contributed by atoms with Crippen LogP contribution in [0.15, 0.2) is 35.3 Å². The number of hydrogen-bond acceptors (Lipinski definition) is 2. The van der Waals surface area contributed by atoms with Gasteiger partial charge in [-0.05, 0) is 31.4 Å². The number of anilines is 1. The fraction of sp³-hybridized carbons (Fsp3) is 0.562. The van der Waals surface area contributed by atoms with Crippen LogP contribution in [0.2, 0.25) is 0 Å². The van der Waals surface area contributed by atoms with E-state index in [1.165, 1.54) is 31.4 Å². The summed E-state index contributed by atoms with van der Waals surface area (Å²) in [7, 11) is 2.11. The number of guanidine groups is 1. The Morgan fingerprint density at radius 3 is 2.70 bits per heavy atom. The molecule has 4 nitrogen and oxygen atoms in total. The summed E-state index contributed by atoms with van der Waals surface area (Å²) < 4.78 is 0. The lowest BCUT2D eigenvalue weighted by atomic mass is 10.2. The van der Waals surface area contributed by atoms with Crippen molar-refractivity contribution in [2.45, 2.75) is 38.1 Å². The predicted octanol–water partition coefficient (Wildman–Crippen LogP) is 2.36. The minimum Gasteiger partial charge on any atom is -0.375 e. The summed E-state index contributed by atoms with van der Waals surface area (Å²) >= 11 is 0. The molecule has 4 heteroatoms. The second-order valence-electron chi connectivity index (χ2n) is 5.50. The van der Waals surface area contributed by atoms with Gasteiger partial charge in [-0.1, -0.05) is 31.0 Å². The van der Waals surface area contributed by atoms with E-state index in [9.17, 15) is 0 Å². The van der Waals surface area contributed by atoms with E-state index in [2.05, 4.69) is 46.5 Å². The van der Waals surface area contributed by atoms with E-state index in [-0.39, 0.29) is 0 Å². The Morgan fingerprint density at radius 2 is 2.00 bits per heavy atom. The van der Waals surface area contributed by atoms with Crippen molar-refractivity contribution in [3.8, 4) is 0 Å². The Hall–Kier alpha value is -1.71. The zero-order valence-electron chi connectivity index (χ0n) is 12.4. The summed E-state index contributed by atoms with van der Waals surface area (Å²) in [5.41, 5.74) is 7.15. The minimum absolute atomic E-state index is 0.547. The van der Waals surface area contributed by atoms with Crippen LogP contribution in [-0.4, -0.2) is 32.1 Å². The zero-order valence-corrected chi connectivity index (χ0v) is 12.4. The Bertz CT molecular complexity index is 410. The number of aliphatic imine (C=N–C) groups is 1. The molecule has 110 valence electrons. The predicted molar refractivity (Wildman–Crippen MR) is 86.2 cm³/mol. The first-order valence-corrected chi connectivity index (χ1v) is 7.58. The second kappa shape index (κ2) is 7.78. The van der Waals surface area contributed by atoms with Crippen LogP contribution < -0.4 is 16.0 Å². The third kappa shape index (κ3) is 4.76. The summed E-state index contributed by atoms with van der Waals surface area (Å²) in [6.45, 7) is 1.77.